The summed E-state index contributed by atoms with van der Waals surface area (Å²) in [5.41, 5.74) is 4.38. The Labute approximate surface area is 123 Å². The van der Waals surface area contributed by atoms with Crippen LogP contribution >= 0.6 is 0 Å². The molecular weight excluding hydrogens is 266 g/mol. The molecule has 0 aliphatic heterocycles. The van der Waals surface area contributed by atoms with E-state index in [0.29, 0.717) is 0 Å². The van der Waals surface area contributed by atoms with E-state index in [9.17, 15) is 0 Å². The van der Waals surface area contributed by atoms with Crippen LogP contribution in [-0.2, 0) is 0 Å². The number of hydrogen-bond acceptors (Lipinski definition) is 3. The minimum atomic E-state index is 0.763. The molecule has 0 atom stereocenters. The molecule has 0 amide bonds. The first kappa shape index (κ1) is 13.6. The fraction of sp³-hybridized carbons (Fsp3) is 0.294. The number of H-pyrrole nitrogens is 1. The number of hydrogen-bond donors (Lipinski definition) is 1. The Morgan fingerprint density at radius 2 is 1.52 bits per heavy atom. The Hall–Kier alpha value is -2.36. The summed E-state index contributed by atoms with van der Waals surface area (Å²) in [6.45, 7) is 4.21. The quantitative estimate of drug-likeness (QED) is 0.792. The fourth-order valence-corrected chi connectivity index (χ4v) is 2.84. The molecule has 2 aromatic carbocycles. The summed E-state index contributed by atoms with van der Waals surface area (Å²) < 4.78 is 16.4. The van der Waals surface area contributed by atoms with Crippen LogP contribution in [0.3, 0.4) is 0 Å². The van der Waals surface area contributed by atoms with Gasteiger partial charge in [0.15, 0.2) is 0 Å². The highest BCUT2D eigenvalue weighted by Crippen LogP contribution is 2.41. The predicted octanol–water partition coefficient (Wildman–Crippen LogP) is 3.96. The lowest BCUT2D eigenvalue weighted by Crippen LogP contribution is -1.90. The summed E-state index contributed by atoms with van der Waals surface area (Å²) in [6, 6.07) is 5.94. The van der Waals surface area contributed by atoms with Crippen molar-refractivity contribution < 1.29 is 14.2 Å². The molecule has 21 heavy (non-hydrogen) atoms. The molecule has 0 aliphatic rings. The molecule has 4 heteroatoms. The van der Waals surface area contributed by atoms with Crippen molar-refractivity contribution in [2.75, 3.05) is 21.3 Å². The summed E-state index contributed by atoms with van der Waals surface area (Å²) in [5, 5.41) is 2.20. The van der Waals surface area contributed by atoms with Crippen molar-refractivity contribution >= 4 is 21.8 Å². The number of aromatic amines is 1. The first-order valence-electron chi connectivity index (χ1n) is 6.82. The number of aromatic nitrogens is 1. The molecule has 0 fully saturated rings. The lowest BCUT2D eigenvalue weighted by atomic mass is 10.0. The third-order valence-corrected chi connectivity index (χ3v) is 4.07. The summed E-state index contributed by atoms with van der Waals surface area (Å²) in [4.78, 5) is 3.43. The van der Waals surface area contributed by atoms with Gasteiger partial charge in [0.1, 0.15) is 17.2 Å². The average molecular weight is 285 g/mol. The molecular formula is C17H19NO3. The standard InChI is InChI=1S/C17H19NO3/c1-9-6-14(21-5)17-15(10(9)2)16-12(18-17)7-11(19-3)8-13(16)20-4/h6-8,18H,1-5H3. The second-order valence-electron chi connectivity index (χ2n) is 5.15. The maximum Gasteiger partial charge on any atom is 0.143 e. The van der Waals surface area contributed by atoms with E-state index in [2.05, 4.69) is 24.9 Å². The zero-order chi connectivity index (χ0) is 15.1. The number of benzene rings is 2. The second-order valence-corrected chi connectivity index (χ2v) is 5.15. The van der Waals surface area contributed by atoms with Crippen LogP contribution in [0.15, 0.2) is 18.2 Å². The van der Waals surface area contributed by atoms with Crippen molar-refractivity contribution in [2.45, 2.75) is 13.8 Å². The normalized spacial score (nSPS) is 11.1. The van der Waals surface area contributed by atoms with Crippen LogP contribution in [-0.4, -0.2) is 26.3 Å². The Kier molecular flexibility index (Phi) is 3.16. The lowest BCUT2D eigenvalue weighted by Gasteiger charge is -2.09. The molecule has 0 spiro atoms. The van der Waals surface area contributed by atoms with Gasteiger partial charge in [-0.25, -0.2) is 0 Å². The summed E-state index contributed by atoms with van der Waals surface area (Å²) >= 11 is 0. The van der Waals surface area contributed by atoms with Crippen molar-refractivity contribution in [3.05, 3.63) is 29.3 Å². The molecule has 0 radical (unpaired) electrons. The van der Waals surface area contributed by atoms with E-state index in [-0.39, 0.29) is 0 Å². The smallest absolute Gasteiger partial charge is 0.143 e. The zero-order valence-corrected chi connectivity index (χ0v) is 13.0. The Morgan fingerprint density at radius 1 is 0.810 bits per heavy atom. The molecule has 0 saturated carbocycles. The van der Waals surface area contributed by atoms with E-state index in [0.717, 1.165) is 39.1 Å². The highest BCUT2D eigenvalue weighted by atomic mass is 16.5. The SMILES string of the molecule is COc1cc(OC)c2c(c1)[nH]c1c(OC)cc(C)c(C)c12. The molecule has 0 aliphatic carbocycles. The Bertz CT molecular complexity index is 833. The zero-order valence-electron chi connectivity index (χ0n) is 13.0. The number of methoxy groups -OCH3 is 3. The molecule has 1 heterocycles. The van der Waals surface area contributed by atoms with Crippen molar-refractivity contribution in [1.82, 2.24) is 4.98 Å². The van der Waals surface area contributed by atoms with Crippen LogP contribution in [0.5, 0.6) is 17.2 Å². The first-order valence-corrected chi connectivity index (χ1v) is 6.82. The summed E-state index contributed by atoms with van der Waals surface area (Å²) in [6.07, 6.45) is 0. The van der Waals surface area contributed by atoms with Gasteiger partial charge in [0.25, 0.3) is 0 Å². The van der Waals surface area contributed by atoms with Gasteiger partial charge in [0, 0.05) is 17.5 Å². The number of ether oxygens (including phenoxy) is 3. The molecule has 0 unspecified atom stereocenters. The molecule has 110 valence electrons. The molecule has 3 rings (SSSR count). The van der Waals surface area contributed by atoms with Gasteiger partial charge in [0.05, 0.1) is 37.7 Å². The summed E-state index contributed by atoms with van der Waals surface area (Å²) in [7, 11) is 5.02. The molecule has 1 N–H and O–H groups in total. The lowest BCUT2D eigenvalue weighted by molar-refractivity contribution is 0.398. The van der Waals surface area contributed by atoms with Gasteiger partial charge < -0.3 is 19.2 Å². The van der Waals surface area contributed by atoms with Crippen molar-refractivity contribution in [3.63, 3.8) is 0 Å². The molecule has 3 aromatic rings. The topological polar surface area (TPSA) is 43.5 Å². The fourth-order valence-electron chi connectivity index (χ4n) is 2.84. The molecule has 1 aromatic heterocycles. The van der Waals surface area contributed by atoms with E-state index < -0.39 is 0 Å². The van der Waals surface area contributed by atoms with Crippen molar-refractivity contribution in [1.29, 1.82) is 0 Å². The van der Waals surface area contributed by atoms with Crippen LogP contribution in [0.4, 0.5) is 0 Å². The van der Waals surface area contributed by atoms with Crippen LogP contribution in [0, 0.1) is 13.8 Å². The van der Waals surface area contributed by atoms with Gasteiger partial charge in [-0.2, -0.15) is 0 Å². The van der Waals surface area contributed by atoms with Gasteiger partial charge in [-0.3, -0.25) is 0 Å². The van der Waals surface area contributed by atoms with Crippen LogP contribution in [0.25, 0.3) is 21.8 Å². The number of fused-ring (bicyclic) bond motifs is 3. The number of aryl methyl sites for hydroxylation is 2. The van der Waals surface area contributed by atoms with E-state index in [1.54, 1.807) is 21.3 Å². The minimum absolute atomic E-state index is 0.763. The molecule has 4 nitrogen and oxygen atoms in total. The van der Waals surface area contributed by atoms with Gasteiger partial charge in [-0.05, 0) is 31.0 Å². The monoisotopic (exact) mass is 285 g/mol. The van der Waals surface area contributed by atoms with E-state index in [1.165, 1.54) is 11.1 Å². The maximum atomic E-state index is 5.56. The van der Waals surface area contributed by atoms with Crippen LogP contribution in [0.1, 0.15) is 11.1 Å². The number of rotatable bonds is 3. The third kappa shape index (κ3) is 1.90. The van der Waals surface area contributed by atoms with Crippen LogP contribution in [0.2, 0.25) is 0 Å². The first-order chi connectivity index (χ1) is 10.1. The predicted molar refractivity (Wildman–Crippen MR) is 84.9 cm³/mol. The van der Waals surface area contributed by atoms with Crippen molar-refractivity contribution in [2.24, 2.45) is 0 Å². The van der Waals surface area contributed by atoms with E-state index >= 15 is 0 Å². The number of nitrogens with one attached hydrogen (secondary N) is 1. The van der Waals surface area contributed by atoms with Gasteiger partial charge in [-0.15, -0.1) is 0 Å². The molecule has 0 saturated heterocycles. The largest absolute Gasteiger partial charge is 0.497 e. The van der Waals surface area contributed by atoms with Gasteiger partial charge in [-0.1, -0.05) is 0 Å². The third-order valence-electron chi connectivity index (χ3n) is 4.07. The highest BCUT2D eigenvalue weighted by molar-refractivity contribution is 6.14. The Balaban J connectivity index is 2.55. The van der Waals surface area contributed by atoms with Gasteiger partial charge in [0.2, 0.25) is 0 Å². The Morgan fingerprint density at radius 3 is 2.14 bits per heavy atom. The summed E-state index contributed by atoms with van der Waals surface area (Å²) in [5.74, 6) is 2.40. The highest BCUT2D eigenvalue weighted by Gasteiger charge is 2.17. The van der Waals surface area contributed by atoms with E-state index in [4.69, 9.17) is 14.2 Å². The maximum absolute atomic E-state index is 5.56. The second kappa shape index (κ2) is 4.88. The average Bonchev–Trinajstić information content (AvgIpc) is 2.89. The van der Waals surface area contributed by atoms with Crippen LogP contribution < -0.4 is 14.2 Å². The van der Waals surface area contributed by atoms with E-state index in [1.807, 2.05) is 12.1 Å². The van der Waals surface area contributed by atoms with Crippen molar-refractivity contribution in [3.8, 4) is 17.2 Å². The molecule has 0 bridgehead atoms. The minimum Gasteiger partial charge on any atom is -0.497 e. The van der Waals surface area contributed by atoms with Gasteiger partial charge >= 0.3 is 0 Å².